The number of carboxylic acid groups (broad SMARTS) is 1. The maximum atomic E-state index is 12.4. The summed E-state index contributed by atoms with van der Waals surface area (Å²) in [4.78, 5) is 45.8. The Morgan fingerprint density at radius 1 is 1.33 bits per heavy atom. The molecule has 0 aromatic rings. The third-order valence-corrected chi connectivity index (χ3v) is 3.00. The van der Waals surface area contributed by atoms with Gasteiger partial charge in [-0.05, 0) is 19.8 Å². The van der Waals surface area contributed by atoms with Gasteiger partial charge in [0.2, 0.25) is 5.91 Å². The van der Waals surface area contributed by atoms with Gasteiger partial charge < -0.3 is 5.11 Å². The SMILES string of the molecule is CC(=O)NN(CCC(=O)O)C(=O)N1NCCC[C@H]1C(C)=O. The Balaban J connectivity index is 2.83. The highest BCUT2D eigenvalue weighted by molar-refractivity contribution is 5.87. The van der Waals surface area contributed by atoms with Crippen LogP contribution in [0.25, 0.3) is 0 Å². The van der Waals surface area contributed by atoms with E-state index in [-0.39, 0.29) is 18.7 Å². The van der Waals surface area contributed by atoms with Gasteiger partial charge in [-0.1, -0.05) is 0 Å². The van der Waals surface area contributed by atoms with E-state index >= 15 is 0 Å². The Hall–Kier alpha value is -2.16. The molecule has 0 aromatic carbocycles. The molecular formula is C12H20N4O5. The fourth-order valence-electron chi connectivity index (χ4n) is 2.05. The number of nitrogens with one attached hydrogen (secondary N) is 2. The van der Waals surface area contributed by atoms with Gasteiger partial charge in [-0.15, -0.1) is 0 Å². The van der Waals surface area contributed by atoms with E-state index in [2.05, 4.69) is 10.9 Å². The number of carboxylic acids is 1. The van der Waals surface area contributed by atoms with Crippen LogP contribution in [-0.2, 0) is 14.4 Å². The summed E-state index contributed by atoms with van der Waals surface area (Å²) in [6, 6.07) is -1.27. The standard InChI is InChI=1S/C12H20N4O5/c1-8(17)10-4-3-6-13-16(10)12(21)15(14-9(2)18)7-5-11(19)20/h10,13H,3-7H2,1-2H3,(H,14,18)(H,19,20)/t10-/m0/s1. The van der Waals surface area contributed by atoms with E-state index in [1.165, 1.54) is 13.8 Å². The van der Waals surface area contributed by atoms with Crippen molar-refractivity contribution in [2.24, 2.45) is 0 Å². The second-order valence-corrected chi connectivity index (χ2v) is 4.79. The average Bonchev–Trinajstić information content (AvgIpc) is 2.42. The second kappa shape index (κ2) is 7.58. The maximum Gasteiger partial charge on any atom is 0.353 e. The number of ketones is 1. The molecule has 0 aromatic heterocycles. The highest BCUT2D eigenvalue weighted by Gasteiger charge is 2.33. The molecule has 1 aliphatic rings. The minimum absolute atomic E-state index is 0.170. The highest BCUT2D eigenvalue weighted by atomic mass is 16.4. The first kappa shape index (κ1) is 16.9. The summed E-state index contributed by atoms with van der Waals surface area (Å²) in [6.07, 6.45) is 0.967. The third-order valence-electron chi connectivity index (χ3n) is 3.00. The van der Waals surface area contributed by atoms with Gasteiger partial charge in [-0.25, -0.2) is 20.2 Å². The minimum Gasteiger partial charge on any atom is -0.481 e. The smallest absolute Gasteiger partial charge is 0.353 e. The summed E-state index contributed by atoms with van der Waals surface area (Å²) < 4.78 is 0. The number of amides is 3. The number of rotatable bonds is 4. The first-order valence-electron chi connectivity index (χ1n) is 6.66. The Bertz CT molecular complexity index is 439. The van der Waals surface area contributed by atoms with Crippen LogP contribution >= 0.6 is 0 Å². The number of hydrogen-bond acceptors (Lipinski definition) is 5. The van der Waals surface area contributed by atoms with Gasteiger partial charge in [0.1, 0.15) is 6.04 Å². The fraction of sp³-hybridized carbons (Fsp3) is 0.667. The number of hydrazine groups is 2. The van der Waals surface area contributed by atoms with E-state index in [0.29, 0.717) is 13.0 Å². The van der Waals surface area contributed by atoms with Crippen molar-refractivity contribution in [2.45, 2.75) is 39.2 Å². The fourth-order valence-corrected chi connectivity index (χ4v) is 2.05. The Morgan fingerprint density at radius 2 is 2.00 bits per heavy atom. The zero-order chi connectivity index (χ0) is 16.0. The Morgan fingerprint density at radius 3 is 2.52 bits per heavy atom. The summed E-state index contributed by atoms with van der Waals surface area (Å²) in [5, 5.41) is 10.8. The van der Waals surface area contributed by atoms with Crippen LogP contribution in [0, 0.1) is 0 Å². The van der Waals surface area contributed by atoms with Crippen LogP contribution < -0.4 is 10.9 Å². The van der Waals surface area contributed by atoms with Crippen molar-refractivity contribution in [1.29, 1.82) is 0 Å². The van der Waals surface area contributed by atoms with Crippen molar-refractivity contribution in [3.8, 4) is 0 Å². The molecule has 9 nitrogen and oxygen atoms in total. The van der Waals surface area contributed by atoms with Crippen LogP contribution in [0.1, 0.15) is 33.1 Å². The van der Waals surface area contributed by atoms with Gasteiger partial charge in [-0.2, -0.15) is 0 Å². The molecule has 9 heteroatoms. The number of urea groups is 1. The highest BCUT2D eigenvalue weighted by Crippen LogP contribution is 2.13. The van der Waals surface area contributed by atoms with Crippen molar-refractivity contribution < 1.29 is 24.3 Å². The van der Waals surface area contributed by atoms with Gasteiger partial charge in [0.05, 0.1) is 13.0 Å². The Kier molecular flexibility index (Phi) is 6.10. The van der Waals surface area contributed by atoms with Gasteiger partial charge in [0.15, 0.2) is 5.78 Å². The average molecular weight is 300 g/mol. The van der Waals surface area contributed by atoms with E-state index in [4.69, 9.17) is 5.11 Å². The van der Waals surface area contributed by atoms with Crippen molar-refractivity contribution in [3.63, 3.8) is 0 Å². The zero-order valence-electron chi connectivity index (χ0n) is 12.1. The predicted octanol–water partition coefficient (Wildman–Crippen LogP) is -0.508. The molecule has 0 spiro atoms. The van der Waals surface area contributed by atoms with Gasteiger partial charge in [-0.3, -0.25) is 19.8 Å². The summed E-state index contributed by atoms with van der Waals surface area (Å²) >= 11 is 0. The molecule has 0 unspecified atom stereocenters. The summed E-state index contributed by atoms with van der Waals surface area (Å²) in [7, 11) is 0. The van der Waals surface area contributed by atoms with Crippen molar-refractivity contribution in [3.05, 3.63) is 0 Å². The summed E-state index contributed by atoms with van der Waals surface area (Å²) in [5.41, 5.74) is 5.09. The molecule has 0 bridgehead atoms. The molecule has 118 valence electrons. The van der Waals surface area contributed by atoms with Gasteiger partial charge >= 0.3 is 12.0 Å². The Labute approximate surface area is 122 Å². The zero-order valence-corrected chi connectivity index (χ0v) is 12.1. The molecule has 1 fully saturated rings. The van der Waals surface area contributed by atoms with Crippen LogP contribution in [0.3, 0.4) is 0 Å². The molecular weight excluding hydrogens is 280 g/mol. The van der Waals surface area contributed by atoms with Crippen molar-refractivity contribution >= 4 is 23.7 Å². The van der Waals surface area contributed by atoms with Crippen LogP contribution in [-0.4, -0.2) is 57.9 Å². The third kappa shape index (κ3) is 5.03. The van der Waals surface area contributed by atoms with E-state index in [1.807, 2.05) is 0 Å². The number of carbonyl (C=O) groups is 4. The summed E-state index contributed by atoms with van der Waals surface area (Å²) in [6.45, 7) is 2.95. The molecule has 0 saturated carbocycles. The van der Waals surface area contributed by atoms with Crippen molar-refractivity contribution in [1.82, 2.24) is 20.9 Å². The van der Waals surface area contributed by atoms with Crippen LogP contribution in [0.5, 0.6) is 0 Å². The summed E-state index contributed by atoms with van der Waals surface area (Å²) in [5.74, 6) is -1.76. The van der Waals surface area contributed by atoms with Crippen LogP contribution in [0.15, 0.2) is 0 Å². The number of carbonyl (C=O) groups excluding carboxylic acids is 3. The molecule has 3 amide bonds. The van der Waals surface area contributed by atoms with E-state index < -0.39 is 23.9 Å². The minimum atomic E-state index is -1.09. The van der Waals surface area contributed by atoms with Gasteiger partial charge in [0.25, 0.3) is 0 Å². The lowest BCUT2D eigenvalue weighted by atomic mass is 10.1. The van der Waals surface area contributed by atoms with Gasteiger partial charge in [0, 0.05) is 13.5 Å². The number of Topliss-reactive ketones (excluding diaryl/α,β-unsaturated/α-hetero) is 1. The van der Waals surface area contributed by atoms with E-state index in [1.54, 1.807) is 0 Å². The molecule has 1 rings (SSSR count). The van der Waals surface area contributed by atoms with E-state index in [9.17, 15) is 19.2 Å². The van der Waals surface area contributed by atoms with Crippen LogP contribution in [0.2, 0.25) is 0 Å². The second-order valence-electron chi connectivity index (χ2n) is 4.79. The molecule has 1 saturated heterocycles. The lowest BCUT2D eigenvalue weighted by Crippen LogP contribution is -2.62. The molecule has 0 radical (unpaired) electrons. The molecule has 1 atom stereocenters. The predicted molar refractivity (Wildman–Crippen MR) is 71.7 cm³/mol. The monoisotopic (exact) mass is 300 g/mol. The van der Waals surface area contributed by atoms with Crippen LogP contribution in [0.4, 0.5) is 4.79 Å². The molecule has 1 heterocycles. The van der Waals surface area contributed by atoms with E-state index in [0.717, 1.165) is 16.4 Å². The van der Waals surface area contributed by atoms with Crippen molar-refractivity contribution in [2.75, 3.05) is 13.1 Å². The molecule has 21 heavy (non-hydrogen) atoms. The lowest BCUT2D eigenvalue weighted by Gasteiger charge is -2.37. The maximum absolute atomic E-state index is 12.4. The first-order chi connectivity index (χ1) is 9.82. The topological polar surface area (TPSA) is 119 Å². The number of nitrogens with zero attached hydrogens (tertiary/aromatic N) is 2. The number of hydrogen-bond donors (Lipinski definition) is 3. The molecule has 3 N–H and O–H groups in total. The molecule has 0 aliphatic carbocycles. The lowest BCUT2D eigenvalue weighted by molar-refractivity contribution is -0.138. The first-order valence-corrected chi connectivity index (χ1v) is 6.66. The normalized spacial score (nSPS) is 18.0. The quantitative estimate of drug-likeness (QED) is 0.602. The largest absolute Gasteiger partial charge is 0.481 e. The molecule has 1 aliphatic heterocycles. The number of aliphatic carboxylic acids is 1.